The summed E-state index contributed by atoms with van der Waals surface area (Å²) in [7, 11) is 0. The standard InChI is InChI=1S/C7H9F3N4OS.ClH/c8-7(9,10)6(15)3-16-5(13-2-1-11)14(6)4-12;/h15H,1-3,11H2;1H. The van der Waals surface area contributed by atoms with Gasteiger partial charge in [-0.2, -0.15) is 18.4 Å². The minimum Gasteiger partial charge on any atom is -0.362 e. The van der Waals surface area contributed by atoms with E-state index in [0.717, 1.165) is 0 Å². The maximum Gasteiger partial charge on any atom is 0.438 e. The highest BCUT2D eigenvalue weighted by Gasteiger charge is 2.63. The lowest BCUT2D eigenvalue weighted by Crippen LogP contribution is -2.56. The second kappa shape index (κ2) is 5.77. The first-order valence-electron chi connectivity index (χ1n) is 4.23. The topological polar surface area (TPSA) is 85.6 Å². The van der Waals surface area contributed by atoms with Crippen molar-refractivity contribution in [3.63, 3.8) is 0 Å². The van der Waals surface area contributed by atoms with E-state index in [4.69, 9.17) is 11.0 Å². The van der Waals surface area contributed by atoms with Gasteiger partial charge in [-0.05, 0) is 0 Å². The third-order valence-corrected chi connectivity index (χ3v) is 3.01. The molecular weight excluding hydrogens is 281 g/mol. The lowest BCUT2D eigenvalue weighted by Gasteiger charge is -2.29. The van der Waals surface area contributed by atoms with Crippen LogP contribution in [0, 0.1) is 11.5 Å². The van der Waals surface area contributed by atoms with Crippen LogP contribution in [0.5, 0.6) is 0 Å². The van der Waals surface area contributed by atoms with Gasteiger partial charge >= 0.3 is 6.18 Å². The van der Waals surface area contributed by atoms with Crippen LogP contribution in [0.4, 0.5) is 13.2 Å². The van der Waals surface area contributed by atoms with Crippen molar-refractivity contribution in [1.29, 1.82) is 5.26 Å². The molecule has 1 aliphatic heterocycles. The van der Waals surface area contributed by atoms with Gasteiger partial charge in [-0.25, -0.2) is 4.90 Å². The van der Waals surface area contributed by atoms with Gasteiger partial charge in [0.25, 0.3) is 5.72 Å². The summed E-state index contributed by atoms with van der Waals surface area (Å²) in [5.74, 6) is -0.673. The number of aliphatic hydroxyl groups is 1. The van der Waals surface area contributed by atoms with Crippen LogP contribution in [-0.4, -0.2) is 45.9 Å². The summed E-state index contributed by atoms with van der Waals surface area (Å²) in [6, 6.07) is 0. The monoisotopic (exact) mass is 290 g/mol. The van der Waals surface area contributed by atoms with Crippen molar-refractivity contribution in [1.82, 2.24) is 4.90 Å². The number of hydrogen-bond donors (Lipinski definition) is 2. The van der Waals surface area contributed by atoms with Crippen molar-refractivity contribution in [2.75, 3.05) is 18.8 Å². The second-order valence-electron chi connectivity index (χ2n) is 2.99. The zero-order chi connectivity index (χ0) is 12.4. The number of hydrogen-bond acceptors (Lipinski definition) is 5. The van der Waals surface area contributed by atoms with Crippen LogP contribution >= 0.6 is 24.2 Å². The summed E-state index contributed by atoms with van der Waals surface area (Å²) in [6.07, 6.45) is -3.62. The van der Waals surface area contributed by atoms with Crippen LogP contribution in [0.2, 0.25) is 0 Å². The van der Waals surface area contributed by atoms with Gasteiger partial charge in [-0.1, -0.05) is 11.8 Å². The number of nitriles is 1. The van der Waals surface area contributed by atoms with Gasteiger partial charge in [0.15, 0.2) is 11.4 Å². The largest absolute Gasteiger partial charge is 0.438 e. The maximum atomic E-state index is 12.5. The molecular formula is C7H10ClF3N4OS. The molecule has 1 heterocycles. The summed E-state index contributed by atoms with van der Waals surface area (Å²) in [6.45, 7) is 0.266. The average Bonchev–Trinajstić information content (AvgIpc) is 2.52. The van der Waals surface area contributed by atoms with Gasteiger partial charge in [-0.15, -0.1) is 12.4 Å². The molecule has 1 aliphatic rings. The van der Waals surface area contributed by atoms with Crippen molar-refractivity contribution in [3.05, 3.63) is 0 Å². The first kappa shape index (κ1) is 16.3. The molecule has 0 bridgehead atoms. The lowest BCUT2D eigenvalue weighted by molar-refractivity contribution is -0.280. The average molecular weight is 291 g/mol. The molecule has 1 fully saturated rings. The number of alkyl halides is 3. The molecule has 0 radical (unpaired) electrons. The van der Waals surface area contributed by atoms with Crippen molar-refractivity contribution in [2.24, 2.45) is 10.7 Å². The highest BCUT2D eigenvalue weighted by Crippen LogP contribution is 2.42. The van der Waals surface area contributed by atoms with Crippen LogP contribution < -0.4 is 5.73 Å². The summed E-state index contributed by atoms with van der Waals surface area (Å²) >= 11 is 0.677. The zero-order valence-electron chi connectivity index (χ0n) is 8.44. The fourth-order valence-corrected chi connectivity index (χ4v) is 2.19. The predicted molar refractivity (Wildman–Crippen MR) is 59.5 cm³/mol. The van der Waals surface area contributed by atoms with Crippen LogP contribution in [-0.2, 0) is 0 Å². The lowest BCUT2D eigenvalue weighted by atomic mass is 10.2. The van der Waals surface area contributed by atoms with Gasteiger partial charge in [0.05, 0.1) is 12.3 Å². The Morgan fingerprint density at radius 2 is 2.24 bits per heavy atom. The van der Waals surface area contributed by atoms with Crippen molar-refractivity contribution >= 4 is 29.3 Å². The Labute approximate surface area is 106 Å². The maximum absolute atomic E-state index is 12.5. The van der Waals surface area contributed by atoms with Crippen LogP contribution in [0.25, 0.3) is 0 Å². The highest BCUT2D eigenvalue weighted by atomic mass is 35.5. The normalized spacial score (nSPS) is 26.8. The Bertz CT molecular complexity index is 345. The van der Waals surface area contributed by atoms with E-state index < -0.39 is 17.7 Å². The fraction of sp³-hybridized carbons (Fsp3) is 0.714. The Morgan fingerprint density at radius 3 is 2.65 bits per heavy atom. The molecule has 1 rings (SSSR count). The molecule has 1 atom stereocenters. The van der Waals surface area contributed by atoms with E-state index in [0.29, 0.717) is 11.8 Å². The van der Waals surface area contributed by atoms with Crippen molar-refractivity contribution < 1.29 is 18.3 Å². The molecule has 0 aromatic heterocycles. The van der Waals surface area contributed by atoms with E-state index in [2.05, 4.69) is 4.99 Å². The quantitative estimate of drug-likeness (QED) is 0.724. The number of thioether (sulfide) groups is 1. The molecule has 17 heavy (non-hydrogen) atoms. The Balaban J connectivity index is 0.00000256. The van der Waals surface area contributed by atoms with E-state index in [1.165, 1.54) is 6.19 Å². The van der Waals surface area contributed by atoms with Crippen LogP contribution in [0.15, 0.2) is 4.99 Å². The molecule has 5 nitrogen and oxygen atoms in total. The third-order valence-electron chi connectivity index (χ3n) is 1.89. The smallest absolute Gasteiger partial charge is 0.362 e. The molecule has 0 saturated carbocycles. The third kappa shape index (κ3) is 2.95. The van der Waals surface area contributed by atoms with Crippen LogP contribution in [0.1, 0.15) is 0 Å². The van der Waals surface area contributed by atoms with Gasteiger partial charge < -0.3 is 10.8 Å². The molecule has 0 spiro atoms. The molecule has 98 valence electrons. The number of rotatable bonds is 2. The summed E-state index contributed by atoms with van der Waals surface area (Å²) in [5, 5.41) is 17.9. The van der Waals surface area contributed by atoms with Gasteiger partial charge in [0.2, 0.25) is 0 Å². The molecule has 0 aromatic carbocycles. The van der Waals surface area contributed by atoms with E-state index in [-0.39, 0.29) is 35.6 Å². The number of halogens is 4. The second-order valence-corrected chi connectivity index (χ2v) is 3.93. The number of nitrogens with two attached hydrogens (primary N) is 1. The zero-order valence-corrected chi connectivity index (χ0v) is 10.1. The van der Waals surface area contributed by atoms with Crippen LogP contribution in [0.3, 0.4) is 0 Å². The summed E-state index contributed by atoms with van der Waals surface area (Å²) < 4.78 is 37.6. The highest BCUT2D eigenvalue weighted by molar-refractivity contribution is 8.14. The molecule has 0 aliphatic carbocycles. The van der Waals surface area contributed by atoms with Gasteiger partial charge in [0.1, 0.15) is 0 Å². The van der Waals surface area contributed by atoms with Gasteiger partial charge in [-0.3, -0.25) is 4.99 Å². The molecule has 10 heteroatoms. The molecule has 1 unspecified atom stereocenters. The first-order chi connectivity index (χ1) is 7.36. The summed E-state index contributed by atoms with van der Waals surface area (Å²) in [5.41, 5.74) is 1.98. The molecule has 0 amide bonds. The van der Waals surface area contributed by atoms with E-state index >= 15 is 0 Å². The minimum atomic E-state index is -4.91. The predicted octanol–water partition coefficient (Wildman–Crippen LogP) is 0.504. The van der Waals surface area contributed by atoms with E-state index in [1.807, 2.05) is 0 Å². The SMILES string of the molecule is Cl.N#CN1C(=NCCN)SCC1(O)C(F)(F)F. The number of nitrogens with zero attached hydrogens (tertiary/aromatic N) is 3. The van der Waals surface area contributed by atoms with Crippen molar-refractivity contribution in [2.45, 2.75) is 11.9 Å². The number of aliphatic imine (C=N–C) groups is 1. The Kier molecular flexibility index (Phi) is 5.54. The fourth-order valence-electron chi connectivity index (χ4n) is 1.06. The number of amidine groups is 1. The molecule has 3 N–H and O–H groups in total. The van der Waals surface area contributed by atoms with E-state index in [1.54, 1.807) is 0 Å². The minimum absolute atomic E-state index is 0. The first-order valence-corrected chi connectivity index (χ1v) is 5.22. The Hall–Kier alpha value is -0.690. The molecule has 1 saturated heterocycles. The Morgan fingerprint density at radius 1 is 1.65 bits per heavy atom. The summed E-state index contributed by atoms with van der Waals surface area (Å²) in [4.78, 5) is 3.87. The molecule has 0 aromatic rings. The van der Waals surface area contributed by atoms with Crippen molar-refractivity contribution in [3.8, 4) is 6.19 Å². The van der Waals surface area contributed by atoms with Gasteiger partial charge in [0, 0.05) is 6.54 Å². The van der Waals surface area contributed by atoms with E-state index in [9.17, 15) is 18.3 Å².